The lowest BCUT2D eigenvalue weighted by Crippen LogP contribution is -2.23. The summed E-state index contributed by atoms with van der Waals surface area (Å²) in [5.74, 6) is -1.30. The maximum atomic E-state index is 13.2. The van der Waals surface area contributed by atoms with Crippen LogP contribution >= 0.6 is 11.6 Å². The molecule has 2 N–H and O–H groups in total. The molecular formula is C24H17ClN4O4. The SMILES string of the molecule is O=C(O)c1ccc(CNC(=O)c2cc3ocnc3c3cnn(Cc4ccc(Cl)cc4)c23)cc1. The third-order valence-corrected chi connectivity index (χ3v) is 5.62. The average molecular weight is 461 g/mol. The van der Waals surface area contributed by atoms with Crippen LogP contribution in [-0.2, 0) is 13.1 Å². The van der Waals surface area contributed by atoms with E-state index in [0.717, 1.165) is 11.1 Å². The maximum Gasteiger partial charge on any atom is 0.335 e. The topological polar surface area (TPSA) is 110 Å². The number of halogens is 1. The number of hydrogen-bond donors (Lipinski definition) is 2. The molecule has 0 saturated carbocycles. The molecule has 0 aliphatic carbocycles. The van der Waals surface area contributed by atoms with Gasteiger partial charge in [-0.3, -0.25) is 9.48 Å². The summed E-state index contributed by atoms with van der Waals surface area (Å²) < 4.78 is 7.21. The molecule has 0 spiro atoms. The zero-order valence-corrected chi connectivity index (χ0v) is 17.9. The van der Waals surface area contributed by atoms with Gasteiger partial charge in [0.1, 0.15) is 5.52 Å². The maximum absolute atomic E-state index is 13.2. The number of amides is 1. The largest absolute Gasteiger partial charge is 0.478 e. The summed E-state index contributed by atoms with van der Waals surface area (Å²) in [5, 5.41) is 17.8. The zero-order valence-electron chi connectivity index (χ0n) is 17.2. The summed E-state index contributed by atoms with van der Waals surface area (Å²) in [5.41, 5.74) is 4.12. The number of carboxylic acids is 1. The molecule has 0 bridgehead atoms. The van der Waals surface area contributed by atoms with Crippen LogP contribution in [-0.4, -0.2) is 31.7 Å². The minimum absolute atomic E-state index is 0.189. The first-order chi connectivity index (χ1) is 16.0. The van der Waals surface area contributed by atoms with Gasteiger partial charge >= 0.3 is 5.97 Å². The number of oxazole rings is 1. The first-order valence-corrected chi connectivity index (χ1v) is 10.4. The number of carboxylic acid groups (broad SMARTS) is 1. The molecule has 164 valence electrons. The minimum atomic E-state index is -0.998. The van der Waals surface area contributed by atoms with Gasteiger partial charge in [-0.25, -0.2) is 9.78 Å². The normalized spacial score (nSPS) is 11.2. The predicted molar refractivity (Wildman–Crippen MR) is 122 cm³/mol. The van der Waals surface area contributed by atoms with Gasteiger partial charge in [0.25, 0.3) is 5.91 Å². The van der Waals surface area contributed by atoms with E-state index in [2.05, 4.69) is 15.4 Å². The molecule has 3 aromatic carbocycles. The smallest absolute Gasteiger partial charge is 0.335 e. The summed E-state index contributed by atoms with van der Waals surface area (Å²) in [6.07, 6.45) is 3.02. The van der Waals surface area contributed by atoms with Crippen molar-refractivity contribution >= 4 is 45.5 Å². The Kier molecular flexibility index (Phi) is 5.27. The van der Waals surface area contributed by atoms with Crippen molar-refractivity contribution in [2.75, 3.05) is 0 Å². The highest BCUT2D eigenvalue weighted by atomic mass is 35.5. The summed E-state index contributed by atoms with van der Waals surface area (Å²) in [4.78, 5) is 28.5. The lowest BCUT2D eigenvalue weighted by Gasteiger charge is -2.10. The molecule has 0 aliphatic heterocycles. The van der Waals surface area contributed by atoms with Gasteiger partial charge in [0.05, 0.1) is 34.8 Å². The fraction of sp³-hybridized carbons (Fsp3) is 0.0833. The summed E-state index contributed by atoms with van der Waals surface area (Å²) in [6.45, 7) is 0.681. The molecule has 8 nitrogen and oxygen atoms in total. The molecule has 0 unspecified atom stereocenters. The number of carbonyl (C=O) groups is 2. The van der Waals surface area contributed by atoms with E-state index in [-0.39, 0.29) is 18.0 Å². The molecule has 1 amide bonds. The van der Waals surface area contributed by atoms with Crippen LogP contribution in [0.2, 0.25) is 5.02 Å². The van der Waals surface area contributed by atoms with Crippen molar-refractivity contribution < 1.29 is 19.1 Å². The highest BCUT2D eigenvalue weighted by molar-refractivity contribution is 6.30. The molecule has 0 fully saturated rings. The van der Waals surface area contributed by atoms with Crippen LogP contribution in [0.25, 0.3) is 22.0 Å². The highest BCUT2D eigenvalue weighted by Gasteiger charge is 2.20. The molecular weight excluding hydrogens is 444 g/mol. The van der Waals surface area contributed by atoms with E-state index in [9.17, 15) is 9.59 Å². The van der Waals surface area contributed by atoms with Gasteiger partial charge in [-0.1, -0.05) is 35.9 Å². The third-order valence-electron chi connectivity index (χ3n) is 5.36. The van der Waals surface area contributed by atoms with E-state index in [1.165, 1.54) is 18.5 Å². The fourth-order valence-electron chi connectivity index (χ4n) is 3.70. The van der Waals surface area contributed by atoms with Crippen molar-refractivity contribution in [2.24, 2.45) is 0 Å². The molecule has 5 rings (SSSR count). The monoisotopic (exact) mass is 460 g/mol. The average Bonchev–Trinajstić information content (AvgIpc) is 3.45. The van der Waals surface area contributed by atoms with Crippen molar-refractivity contribution in [1.29, 1.82) is 0 Å². The van der Waals surface area contributed by atoms with Crippen LogP contribution in [0.3, 0.4) is 0 Å². The number of aromatic carboxylic acids is 1. The second-order valence-corrected chi connectivity index (χ2v) is 7.94. The predicted octanol–water partition coefficient (Wildman–Crippen LogP) is 4.51. The molecule has 5 aromatic rings. The van der Waals surface area contributed by atoms with Crippen molar-refractivity contribution in [3.63, 3.8) is 0 Å². The summed E-state index contributed by atoms with van der Waals surface area (Å²) in [6, 6.07) is 15.4. The lowest BCUT2D eigenvalue weighted by molar-refractivity contribution is 0.0696. The number of nitrogens with one attached hydrogen (secondary N) is 1. The Morgan fingerprint density at radius 2 is 1.79 bits per heavy atom. The van der Waals surface area contributed by atoms with Crippen LogP contribution in [0.5, 0.6) is 0 Å². The van der Waals surface area contributed by atoms with Crippen LogP contribution in [0.1, 0.15) is 31.8 Å². The Bertz CT molecular complexity index is 1490. The van der Waals surface area contributed by atoms with Gasteiger partial charge in [-0.2, -0.15) is 5.10 Å². The summed E-state index contributed by atoms with van der Waals surface area (Å²) in [7, 11) is 0. The number of benzene rings is 3. The van der Waals surface area contributed by atoms with Crippen molar-refractivity contribution in [3.05, 3.63) is 94.5 Å². The quantitative estimate of drug-likeness (QED) is 0.386. The Balaban J connectivity index is 1.48. The van der Waals surface area contributed by atoms with Crippen LogP contribution in [0, 0.1) is 0 Å². The van der Waals surface area contributed by atoms with Crippen LogP contribution in [0.15, 0.2) is 71.6 Å². The van der Waals surface area contributed by atoms with Crippen LogP contribution < -0.4 is 5.32 Å². The first kappa shape index (κ1) is 20.7. The van der Waals surface area contributed by atoms with Gasteiger partial charge in [-0.05, 0) is 41.5 Å². The first-order valence-electron chi connectivity index (χ1n) is 10.1. The van der Waals surface area contributed by atoms with Crippen molar-refractivity contribution in [1.82, 2.24) is 20.1 Å². The van der Waals surface area contributed by atoms with Gasteiger partial charge in [-0.15, -0.1) is 0 Å². The van der Waals surface area contributed by atoms with Gasteiger partial charge < -0.3 is 14.8 Å². The second-order valence-electron chi connectivity index (χ2n) is 7.50. The highest BCUT2D eigenvalue weighted by Crippen LogP contribution is 2.28. The van der Waals surface area contributed by atoms with Gasteiger partial charge in [0.2, 0.25) is 0 Å². The van der Waals surface area contributed by atoms with Gasteiger partial charge in [0, 0.05) is 11.6 Å². The van der Waals surface area contributed by atoms with E-state index in [0.29, 0.717) is 39.1 Å². The lowest BCUT2D eigenvalue weighted by atomic mass is 10.1. The number of aromatic nitrogens is 3. The van der Waals surface area contributed by atoms with E-state index in [1.54, 1.807) is 29.1 Å². The number of hydrogen-bond acceptors (Lipinski definition) is 5. The van der Waals surface area contributed by atoms with Crippen molar-refractivity contribution in [2.45, 2.75) is 13.1 Å². The molecule has 0 atom stereocenters. The van der Waals surface area contributed by atoms with E-state index < -0.39 is 5.97 Å². The Morgan fingerprint density at radius 1 is 1.06 bits per heavy atom. The molecule has 0 radical (unpaired) electrons. The fourth-order valence-corrected chi connectivity index (χ4v) is 3.83. The molecule has 2 heterocycles. The van der Waals surface area contributed by atoms with E-state index in [1.807, 2.05) is 24.3 Å². The number of nitrogens with zero attached hydrogens (tertiary/aromatic N) is 3. The Labute approximate surface area is 192 Å². The second kappa shape index (κ2) is 8.40. The molecule has 33 heavy (non-hydrogen) atoms. The molecule has 0 saturated heterocycles. The summed E-state index contributed by atoms with van der Waals surface area (Å²) >= 11 is 5.99. The number of carbonyl (C=O) groups excluding carboxylic acids is 1. The minimum Gasteiger partial charge on any atom is -0.478 e. The van der Waals surface area contributed by atoms with E-state index in [4.69, 9.17) is 21.1 Å². The molecule has 0 aliphatic rings. The Hall–Kier alpha value is -4.17. The Morgan fingerprint density at radius 3 is 2.52 bits per heavy atom. The number of fused-ring (bicyclic) bond motifs is 3. The zero-order chi connectivity index (χ0) is 22.9. The van der Waals surface area contributed by atoms with Gasteiger partial charge in [0.15, 0.2) is 12.0 Å². The third kappa shape index (κ3) is 4.04. The van der Waals surface area contributed by atoms with Crippen LogP contribution in [0.4, 0.5) is 0 Å². The standard InChI is InChI=1S/C24H17ClN4O4/c25-17-7-3-15(4-8-17)12-29-22-18(9-20-21(27-13-33-20)19(22)11-28-29)23(30)26-10-14-1-5-16(6-2-14)24(31)32/h1-9,11,13H,10,12H2,(H,26,30)(H,31,32). The molecule has 2 aromatic heterocycles. The molecule has 9 heteroatoms. The van der Waals surface area contributed by atoms with E-state index >= 15 is 0 Å². The number of rotatable bonds is 6. The van der Waals surface area contributed by atoms with Crippen molar-refractivity contribution in [3.8, 4) is 0 Å².